The molecule has 2 heterocycles. The van der Waals surface area contributed by atoms with Gasteiger partial charge in [-0.3, -0.25) is 9.98 Å². The number of halogens is 2. The predicted molar refractivity (Wildman–Crippen MR) is 124 cm³/mol. The van der Waals surface area contributed by atoms with Gasteiger partial charge in [0, 0.05) is 36.3 Å². The quantitative estimate of drug-likeness (QED) is 0.474. The van der Waals surface area contributed by atoms with Crippen molar-refractivity contribution >= 4 is 53.1 Å². The van der Waals surface area contributed by atoms with E-state index in [9.17, 15) is 4.39 Å². The topological polar surface area (TPSA) is 71.2 Å². The molecule has 0 spiro atoms. The largest absolute Gasteiger partial charge is 0.480 e. The Morgan fingerprint density at radius 2 is 2.13 bits per heavy atom. The molecule has 3 rings (SSSR count). The van der Waals surface area contributed by atoms with Crippen molar-refractivity contribution in [2.45, 2.75) is 11.8 Å². The van der Waals surface area contributed by atoms with Gasteiger partial charge >= 0.3 is 0 Å². The fourth-order valence-corrected chi connectivity index (χ4v) is 3.80. The number of pyridine rings is 1. The van der Waals surface area contributed by atoms with E-state index in [1.165, 1.54) is 19.4 Å². The zero-order valence-electron chi connectivity index (χ0n) is 16.6. The monoisotopic (exact) mass is 443 g/mol. The van der Waals surface area contributed by atoms with Crippen LogP contribution in [0.3, 0.4) is 0 Å². The molecule has 1 aliphatic rings. The minimum absolute atomic E-state index is 0.301. The average Bonchev–Trinajstić information content (AvgIpc) is 2.74. The van der Waals surface area contributed by atoms with Gasteiger partial charge in [-0.15, -0.1) is 0 Å². The van der Waals surface area contributed by atoms with Gasteiger partial charge in [0.25, 0.3) is 0 Å². The summed E-state index contributed by atoms with van der Waals surface area (Å²) in [7, 11) is 3.17. The van der Waals surface area contributed by atoms with Gasteiger partial charge in [-0.05, 0) is 55.4 Å². The third-order valence-corrected chi connectivity index (χ3v) is 5.23. The van der Waals surface area contributed by atoms with Gasteiger partial charge in [-0.25, -0.2) is 14.4 Å². The average molecular weight is 444 g/mol. The second-order valence-electron chi connectivity index (χ2n) is 6.13. The SMILES string of the molecule is C=N/C=C1/C=C(c2ccc(F)c(NSc3cc(Cl)cnc3OC)c2)C(C)=NC1=NC. The van der Waals surface area contributed by atoms with E-state index in [2.05, 4.69) is 31.4 Å². The van der Waals surface area contributed by atoms with Crippen LogP contribution in [0.4, 0.5) is 10.1 Å². The Bertz CT molecular complexity index is 1110. The van der Waals surface area contributed by atoms with Gasteiger partial charge in [0.2, 0.25) is 5.88 Å². The Hall–Kier alpha value is -2.97. The summed E-state index contributed by atoms with van der Waals surface area (Å²) in [5.74, 6) is 0.565. The maximum absolute atomic E-state index is 14.5. The van der Waals surface area contributed by atoms with Crippen LogP contribution in [0.1, 0.15) is 12.5 Å². The van der Waals surface area contributed by atoms with Gasteiger partial charge in [0.05, 0.1) is 22.7 Å². The van der Waals surface area contributed by atoms with E-state index in [1.54, 1.807) is 31.4 Å². The molecular formula is C21H19ClFN5OS. The zero-order chi connectivity index (χ0) is 21.7. The molecule has 1 aromatic carbocycles. The normalized spacial score (nSPS) is 16.3. The highest BCUT2D eigenvalue weighted by Gasteiger charge is 2.17. The lowest BCUT2D eigenvalue weighted by molar-refractivity contribution is 0.387. The number of nitrogens with one attached hydrogen (secondary N) is 1. The molecule has 1 aromatic heterocycles. The van der Waals surface area contributed by atoms with Crippen LogP contribution in [-0.4, -0.2) is 37.4 Å². The molecule has 1 aliphatic heterocycles. The number of nitrogens with zero attached hydrogens (tertiary/aromatic N) is 4. The van der Waals surface area contributed by atoms with Crippen molar-refractivity contribution in [3.63, 3.8) is 0 Å². The molecule has 0 atom stereocenters. The molecule has 2 aromatic rings. The lowest BCUT2D eigenvalue weighted by Crippen LogP contribution is -2.11. The molecule has 0 bridgehead atoms. The first kappa shape index (κ1) is 21.7. The predicted octanol–water partition coefficient (Wildman–Crippen LogP) is 5.47. The summed E-state index contributed by atoms with van der Waals surface area (Å²) in [6.45, 7) is 5.37. The first-order valence-electron chi connectivity index (χ1n) is 8.79. The molecule has 0 aliphatic carbocycles. The molecule has 0 radical (unpaired) electrons. The maximum Gasteiger partial charge on any atom is 0.228 e. The number of benzene rings is 1. The van der Waals surface area contributed by atoms with Crippen LogP contribution in [0.5, 0.6) is 5.88 Å². The van der Waals surface area contributed by atoms with Crippen molar-refractivity contribution in [2.75, 3.05) is 18.9 Å². The number of ether oxygens (including phenoxy) is 1. The van der Waals surface area contributed by atoms with Gasteiger partial charge in [0.15, 0.2) is 5.84 Å². The Kier molecular flexibility index (Phi) is 7.02. The molecule has 9 heteroatoms. The van der Waals surface area contributed by atoms with E-state index in [0.717, 1.165) is 34.4 Å². The van der Waals surface area contributed by atoms with Crippen LogP contribution in [0.2, 0.25) is 5.02 Å². The zero-order valence-corrected chi connectivity index (χ0v) is 18.2. The molecule has 0 amide bonds. The molecular weight excluding hydrogens is 425 g/mol. The molecule has 0 fully saturated rings. The van der Waals surface area contributed by atoms with E-state index in [0.29, 0.717) is 27.3 Å². The highest BCUT2D eigenvalue weighted by atomic mass is 35.5. The Balaban J connectivity index is 1.92. The number of hydrogen-bond donors (Lipinski definition) is 1. The highest BCUT2D eigenvalue weighted by Crippen LogP contribution is 2.33. The first-order valence-corrected chi connectivity index (χ1v) is 9.99. The highest BCUT2D eigenvalue weighted by molar-refractivity contribution is 8.00. The third kappa shape index (κ3) is 4.77. The van der Waals surface area contributed by atoms with Crippen molar-refractivity contribution in [1.82, 2.24) is 4.98 Å². The Labute approximate surface area is 183 Å². The molecule has 0 saturated carbocycles. The number of aliphatic imine (C=N–C) groups is 3. The summed E-state index contributed by atoms with van der Waals surface area (Å²) in [5, 5.41) is 0.456. The number of methoxy groups -OCH3 is 1. The first-order chi connectivity index (χ1) is 14.5. The van der Waals surface area contributed by atoms with Crippen molar-refractivity contribution in [2.24, 2.45) is 15.0 Å². The van der Waals surface area contributed by atoms with Crippen LogP contribution < -0.4 is 9.46 Å². The van der Waals surface area contributed by atoms with E-state index in [1.807, 2.05) is 13.0 Å². The lowest BCUT2D eigenvalue weighted by atomic mass is 9.96. The molecule has 30 heavy (non-hydrogen) atoms. The number of aromatic nitrogens is 1. The molecule has 6 nitrogen and oxygen atoms in total. The fourth-order valence-electron chi connectivity index (χ4n) is 2.79. The standard InChI is InChI=1S/C21H19ClFN5OS/c1-12-16(7-14(10-24-2)20(25-3)27-12)13-5-6-17(23)18(8-13)28-30-19-9-15(22)11-26-21(19)29-4/h5-11,28H,2H2,1,3-4H3/b14-10-,25-20?. The van der Waals surface area contributed by atoms with E-state index in [4.69, 9.17) is 16.3 Å². The van der Waals surface area contributed by atoms with E-state index < -0.39 is 5.82 Å². The Morgan fingerprint density at radius 1 is 1.33 bits per heavy atom. The van der Waals surface area contributed by atoms with Crippen molar-refractivity contribution in [3.05, 3.63) is 64.7 Å². The summed E-state index contributed by atoms with van der Waals surface area (Å²) in [5.41, 5.74) is 3.43. The summed E-state index contributed by atoms with van der Waals surface area (Å²) < 4.78 is 22.7. The number of rotatable bonds is 6. The van der Waals surface area contributed by atoms with Crippen molar-refractivity contribution < 1.29 is 9.13 Å². The molecule has 0 unspecified atom stereocenters. The fraction of sp³-hybridized carbons (Fsp3) is 0.143. The number of amidine groups is 1. The van der Waals surface area contributed by atoms with E-state index in [-0.39, 0.29) is 0 Å². The molecule has 1 N–H and O–H groups in total. The van der Waals surface area contributed by atoms with Crippen LogP contribution in [0, 0.1) is 5.82 Å². The number of anilines is 1. The van der Waals surface area contributed by atoms with Crippen LogP contribution >= 0.6 is 23.5 Å². The van der Waals surface area contributed by atoms with E-state index >= 15 is 0 Å². The van der Waals surface area contributed by atoms with Crippen molar-refractivity contribution in [3.8, 4) is 5.88 Å². The number of allylic oxidation sites excluding steroid dienone is 1. The number of hydrogen-bond acceptors (Lipinski definition) is 6. The summed E-state index contributed by atoms with van der Waals surface area (Å²) in [4.78, 5) is 17.2. The van der Waals surface area contributed by atoms with Gasteiger partial charge < -0.3 is 9.46 Å². The van der Waals surface area contributed by atoms with Crippen LogP contribution in [0.15, 0.2) is 68.2 Å². The second-order valence-corrected chi connectivity index (χ2v) is 7.41. The van der Waals surface area contributed by atoms with Crippen molar-refractivity contribution in [1.29, 1.82) is 0 Å². The minimum atomic E-state index is -0.398. The summed E-state index contributed by atoms with van der Waals surface area (Å²) in [6, 6.07) is 6.51. The minimum Gasteiger partial charge on any atom is -0.480 e. The summed E-state index contributed by atoms with van der Waals surface area (Å²) in [6.07, 6.45) is 4.99. The Morgan fingerprint density at radius 3 is 2.83 bits per heavy atom. The molecule has 0 saturated heterocycles. The van der Waals surface area contributed by atoms with Gasteiger partial charge in [-0.1, -0.05) is 17.7 Å². The second kappa shape index (κ2) is 9.69. The summed E-state index contributed by atoms with van der Waals surface area (Å²) >= 11 is 7.17. The van der Waals surface area contributed by atoms with Gasteiger partial charge in [-0.2, -0.15) is 0 Å². The maximum atomic E-state index is 14.5. The van der Waals surface area contributed by atoms with Crippen LogP contribution in [-0.2, 0) is 0 Å². The third-order valence-electron chi connectivity index (χ3n) is 4.19. The lowest BCUT2D eigenvalue weighted by Gasteiger charge is -2.17. The van der Waals surface area contributed by atoms with Gasteiger partial charge in [0.1, 0.15) is 5.82 Å². The van der Waals surface area contributed by atoms with Crippen LogP contribution in [0.25, 0.3) is 5.57 Å². The number of dihydropyridines is 1. The molecule has 154 valence electrons. The smallest absolute Gasteiger partial charge is 0.228 e.